The number of hydrogen-bond acceptors (Lipinski definition) is 4. The average molecular weight is 380 g/mol. The number of ketones is 1. The number of benzene rings is 2. The van der Waals surface area contributed by atoms with E-state index in [9.17, 15) is 4.79 Å². The summed E-state index contributed by atoms with van der Waals surface area (Å²) in [6.45, 7) is 3.09. The van der Waals surface area contributed by atoms with Gasteiger partial charge >= 0.3 is 0 Å². The van der Waals surface area contributed by atoms with Crippen molar-refractivity contribution in [3.05, 3.63) is 60.2 Å². The van der Waals surface area contributed by atoms with Gasteiger partial charge in [0, 0.05) is 12.0 Å². The molecule has 4 heteroatoms. The summed E-state index contributed by atoms with van der Waals surface area (Å²) >= 11 is 0. The maximum atomic E-state index is 11.0. The lowest BCUT2D eigenvalue weighted by Gasteiger charge is -2.53. The molecule has 0 radical (unpaired) electrons. The number of ether oxygens (including phenoxy) is 3. The minimum Gasteiger partial charge on any atom is -0.457 e. The van der Waals surface area contributed by atoms with Gasteiger partial charge < -0.3 is 14.2 Å². The summed E-state index contributed by atoms with van der Waals surface area (Å²) in [6.07, 6.45) is 5.19. The molecule has 0 atom stereocenters. The first-order valence-corrected chi connectivity index (χ1v) is 10.1. The van der Waals surface area contributed by atoms with Gasteiger partial charge in [0.2, 0.25) is 0 Å². The van der Waals surface area contributed by atoms with Crippen molar-refractivity contribution in [1.29, 1.82) is 0 Å². The van der Waals surface area contributed by atoms with Gasteiger partial charge in [-0.2, -0.15) is 0 Å². The van der Waals surface area contributed by atoms with Crippen LogP contribution in [-0.2, 0) is 19.7 Å². The summed E-state index contributed by atoms with van der Waals surface area (Å²) < 4.78 is 17.9. The van der Waals surface area contributed by atoms with Crippen molar-refractivity contribution in [3.63, 3.8) is 0 Å². The molecule has 148 valence electrons. The normalized spacial score (nSPS) is 26.2. The van der Waals surface area contributed by atoms with Crippen molar-refractivity contribution in [2.24, 2.45) is 0 Å². The molecular weight excluding hydrogens is 352 g/mol. The summed E-state index contributed by atoms with van der Waals surface area (Å²) in [5, 5.41) is 0. The molecule has 28 heavy (non-hydrogen) atoms. The van der Waals surface area contributed by atoms with E-state index < -0.39 is 0 Å². The van der Waals surface area contributed by atoms with E-state index in [-0.39, 0.29) is 23.4 Å². The lowest BCUT2D eigenvalue weighted by Crippen LogP contribution is -2.53. The van der Waals surface area contributed by atoms with Gasteiger partial charge in [0.05, 0.1) is 12.2 Å². The molecule has 2 heterocycles. The van der Waals surface area contributed by atoms with Crippen LogP contribution in [0.3, 0.4) is 0 Å². The van der Waals surface area contributed by atoms with Gasteiger partial charge in [0.25, 0.3) is 0 Å². The minimum atomic E-state index is -0.0727. The van der Waals surface area contributed by atoms with Crippen LogP contribution < -0.4 is 4.74 Å². The van der Waals surface area contributed by atoms with Gasteiger partial charge in [-0.15, -0.1) is 0 Å². The third kappa shape index (κ3) is 4.13. The van der Waals surface area contributed by atoms with E-state index in [2.05, 4.69) is 18.2 Å². The Hall–Kier alpha value is -2.17. The van der Waals surface area contributed by atoms with Crippen LogP contribution in [0.15, 0.2) is 54.6 Å². The number of hydrogen-bond donors (Lipinski definition) is 0. The fourth-order valence-corrected chi connectivity index (χ4v) is 4.45. The molecule has 0 spiro atoms. The average Bonchev–Trinajstić information content (AvgIpc) is 2.74. The minimum absolute atomic E-state index is 0.0716. The van der Waals surface area contributed by atoms with Crippen molar-refractivity contribution >= 4 is 5.78 Å². The van der Waals surface area contributed by atoms with Crippen LogP contribution in [0.4, 0.5) is 0 Å². The topological polar surface area (TPSA) is 44.8 Å². The zero-order valence-electron chi connectivity index (χ0n) is 16.5. The zero-order valence-corrected chi connectivity index (χ0v) is 16.5. The van der Waals surface area contributed by atoms with E-state index in [1.165, 1.54) is 5.56 Å². The molecule has 1 aliphatic carbocycles. The highest BCUT2D eigenvalue weighted by Crippen LogP contribution is 2.52. The van der Waals surface area contributed by atoms with E-state index in [1.54, 1.807) is 6.92 Å². The van der Waals surface area contributed by atoms with Crippen molar-refractivity contribution < 1.29 is 19.0 Å². The van der Waals surface area contributed by atoms with Crippen LogP contribution in [0.1, 0.15) is 44.6 Å². The Bertz CT molecular complexity index is 790. The number of fused-ring (bicyclic) bond motifs is 3. The number of Topliss-reactive ketones (excluding diaryl/α,β-unsaturated/α-hetero) is 1. The summed E-state index contributed by atoms with van der Waals surface area (Å²) in [6, 6.07) is 18.4. The first-order valence-electron chi connectivity index (χ1n) is 10.1. The van der Waals surface area contributed by atoms with E-state index >= 15 is 0 Å². The molecule has 3 aliphatic rings. The van der Waals surface area contributed by atoms with E-state index in [0.29, 0.717) is 6.61 Å². The van der Waals surface area contributed by atoms with Gasteiger partial charge in [0.1, 0.15) is 18.1 Å². The standard InChI is InChI=1S/C24H28O4/c1-19(25)17-26-15-14-24-12-10-23(11-13-24,18-27-24)20-6-5-9-22(16-20)28-21-7-3-2-4-8-21/h2-9,16H,10-15,17-18H2,1H3. The maximum absolute atomic E-state index is 11.0. The van der Waals surface area contributed by atoms with Crippen molar-refractivity contribution in [1.82, 2.24) is 0 Å². The van der Waals surface area contributed by atoms with Crippen LogP contribution >= 0.6 is 0 Å². The molecule has 2 aliphatic heterocycles. The number of carbonyl (C=O) groups is 1. The number of carbonyl (C=O) groups excluding carboxylic acids is 1. The Morgan fingerprint density at radius 1 is 1.00 bits per heavy atom. The van der Waals surface area contributed by atoms with Crippen LogP contribution in [0, 0.1) is 0 Å². The molecule has 5 rings (SSSR count). The summed E-state index contributed by atoms with van der Waals surface area (Å²) in [5.41, 5.74) is 1.32. The lowest BCUT2D eigenvalue weighted by atomic mass is 9.62. The first-order chi connectivity index (χ1) is 13.6. The molecule has 2 saturated heterocycles. The second-order valence-corrected chi connectivity index (χ2v) is 8.20. The van der Waals surface area contributed by atoms with Gasteiger partial charge in [-0.3, -0.25) is 4.79 Å². The molecule has 2 aromatic rings. The predicted octanol–water partition coefficient (Wildman–Crippen LogP) is 5.06. The highest BCUT2D eigenvalue weighted by molar-refractivity contribution is 5.76. The number of para-hydroxylation sites is 1. The number of rotatable bonds is 8. The smallest absolute Gasteiger partial charge is 0.155 e. The van der Waals surface area contributed by atoms with Crippen molar-refractivity contribution in [2.75, 3.05) is 19.8 Å². The fraction of sp³-hybridized carbons (Fsp3) is 0.458. The summed E-state index contributed by atoms with van der Waals surface area (Å²) in [7, 11) is 0. The SMILES string of the molecule is CC(=O)COCCC12CCC(c3cccc(Oc4ccccc4)c3)(CC1)CO2. The summed E-state index contributed by atoms with van der Waals surface area (Å²) in [4.78, 5) is 11.0. The summed E-state index contributed by atoms with van der Waals surface area (Å²) in [5.74, 6) is 1.80. The molecule has 1 saturated carbocycles. The lowest BCUT2D eigenvalue weighted by molar-refractivity contribution is -0.166. The molecule has 0 unspecified atom stereocenters. The van der Waals surface area contributed by atoms with Gasteiger partial charge in [-0.1, -0.05) is 30.3 Å². The molecule has 4 nitrogen and oxygen atoms in total. The van der Waals surface area contributed by atoms with Crippen LogP contribution in [0.2, 0.25) is 0 Å². The van der Waals surface area contributed by atoms with E-state index in [1.807, 2.05) is 36.4 Å². The van der Waals surface area contributed by atoms with Crippen molar-refractivity contribution in [3.8, 4) is 11.5 Å². The zero-order chi connectivity index (χ0) is 19.5. The van der Waals surface area contributed by atoms with E-state index in [0.717, 1.165) is 50.2 Å². The third-order valence-corrected chi connectivity index (χ3v) is 6.21. The molecule has 0 aromatic heterocycles. The Balaban J connectivity index is 1.40. The van der Waals surface area contributed by atoms with Gasteiger partial charge in [0.15, 0.2) is 5.78 Å². The molecule has 3 fully saturated rings. The Morgan fingerprint density at radius 2 is 1.75 bits per heavy atom. The maximum Gasteiger partial charge on any atom is 0.155 e. The Morgan fingerprint density at radius 3 is 2.43 bits per heavy atom. The van der Waals surface area contributed by atoms with Crippen LogP contribution in [-0.4, -0.2) is 31.2 Å². The first kappa shape index (κ1) is 19.2. The van der Waals surface area contributed by atoms with E-state index in [4.69, 9.17) is 14.2 Å². The molecular formula is C24H28O4. The second-order valence-electron chi connectivity index (χ2n) is 8.20. The third-order valence-electron chi connectivity index (χ3n) is 6.21. The van der Waals surface area contributed by atoms with Gasteiger partial charge in [-0.05, 0) is 68.9 Å². The Labute approximate surface area is 166 Å². The molecule has 0 N–H and O–H groups in total. The monoisotopic (exact) mass is 380 g/mol. The highest BCUT2D eigenvalue weighted by atomic mass is 16.5. The largest absolute Gasteiger partial charge is 0.457 e. The van der Waals surface area contributed by atoms with Gasteiger partial charge in [-0.25, -0.2) is 0 Å². The van der Waals surface area contributed by atoms with Crippen LogP contribution in [0.5, 0.6) is 11.5 Å². The highest BCUT2D eigenvalue weighted by Gasteiger charge is 2.50. The quantitative estimate of drug-likeness (QED) is 0.601. The van der Waals surface area contributed by atoms with Crippen molar-refractivity contribution in [2.45, 2.75) is 50.0 Å². The molecule has 0 amide bonds. The van der Waals surface area contributed by atoms with Crippen LogP contribution in [0.25, 0.3) is 0 Å². The fourth-order valence-electron chi connectivity index (χ4n) is 4.45. The second kappa shape index (κ2) is 8.06. The predicted molar refractivity (Wildman–Crippen MR) is 108 cm³/mol. The Kier molecular flexibility index (Phi) is 5.51. The molecule has 2 aromatic carbocycles. The molecule has 2 bridgehead atoms.